The minimum Gasteiger partial charge on any atom is -0.481 e. The molecule has 0 radical (unpaired) electrons. The van der Waals surface area contributed by atoms with Crippen molar-refractivity contribution < 1.29 is 13.2 Å². The molecule has 1 aliphatic carbocycles. The summed E-state index contributed by atoms with van der Waals surface area (Å²) in [4.78, 5) is 9.33. The highest BCUT2D eigenvalue weighted by Crippen LogP contribution is 2.41. The van der Waals surface area contributed by atoms with Gasteiger partial charge in [-0.1, -0.05) is 6.07 Å². The molecular weight excluding hydrogens is 478 g/mol. The number of nitrogens with zero attached hydrogens (tertiary/aromatic N) is 5. The molecule has 0 amide bonds. The van der Waals surface area contributed by atoms with Crippen molar-refractivity contribution in [3.8, 4) is 17.0 Å². The molecule has 192 valence electrons. The van der Waals surface area contributed by atoms with Crippen molar-refractivity contribution in [2.75, 3.05) is 39.6 Å². The normalized spacial score (nSPS) is 16.9. The van der Waals surface area contributed by atoms with Gasteiger partial charge in [-0.2, -0.15) is 4.31 Å². The van der Waals surface area contributed by atoms with Crippen LogP contribution in [0.5, 0.6) is 5.88 Å². The second kappa shape index (κ2) is 9.79. The summed E-state index contributed by atoms with van der Waals surface area (Å²) >= 11 is 0. The average Bonchev–Trinajstić information content (AvgIpc) is 3.54. The number of sulfonamides is 1. The summed E-state index contributed by atoms with van der Waals surface area (Å²) in [5.41, 5.74) is 6.54. The van der Waals surface area contributed by atoms with Crippen LogP contribution in [0, 0.1) is 6.92 Å². The third kappa shape index (κ3) is 4.58. The number of piperidine rings is 1. The Bertz CT molecular complexity index is 1360. The molecule has 1 saturated heterocycles. The molecule has 0 unspecified atom stereocenters. The second-order valence-electron chi connectivity index (χ2n) is 9.72. The first kappa shape index (κ1) is 24.7. The van der Waals surface area contributed by atoms with Crippen molar-refractivity contribution >= 4 is 21.7 Å². The first-order valence-corrected chi connectivity index (χ1v) is 13.7. The maximum atomic E-state index is 13.3. The summed E-state index contributed by atoms with van der Waals surface area (Å²) < 4.78 is 33.4. The number of rotatable bonds is 7. The predicted octanol–water partition coefficient (Wildman–Crippen LogP) is 3.13. The van der Waals surface area contributed by atoms with E-state index in [1.54, 1.807) is 13.3 Å². The lowest BCUT2D eigenvalue weighted by molar-refractivity contribution is 0.196. The third-order valence-electron chi connectivity index (χ3n) is 7.28. The largest absolute Gasteiger partial charge is 0.481 e. The van der Waals surface area contributed by atoms with Gasteiger partial charge < -0.3 is 15.0 Å². The van der Waals surface area contributed by atoms with Crippen LogP contribution in [0.3, 0.4) is 0 Å². The smallest absolute Gasteiger partial charge is 0.278 e. The summed E-state index contributed by atoms with van der Waals surface area (Å²) in [7, 11) is 1.90. The van der Waals surface area contributed by atoms with Crippen LogP contribution >= 0.6 is 0 Å². The number of pyridine rings is 1. The molecule has 2 aliphatic rings. The molecule has 0 saturated carbocycles. The standard InChI is InChI=1S/C25H33N7O3S/c1-16-14-17-6-5-7-20(17)23(22(16)18-8-11-26-21(15-18)35-4)27-24-28-25(30-29-24)36(33,34)32-12-9-19(10-13-32)31(2)3/h8,11,14-15,19H,5-7,9-10,12-13H2,1-4H3,(H2,27,28,29,30). The van der Waals surface area contributed by atoms with Crippen LogP contribution in [0.1, 0.15) is 36.0 Å². The number of ether oxygens (including phenoxy) is 1. The van der Waals surface area contributed by atoms with Gasteiger partial charge in [0, 0.05) is 37.0 Å². The van der Waals surface area contributed by atoms with Crippen LogP contribution in [0.25, 0.3) is 11.1 Å². The van der Waals surface area contributed by atoms with Crippen LogP contribution in [0.15, 0.2) is 29.6 Å². The zero-order valence-electron chi connectivity index (χ0n) is 21.2. The molecule has 0 spiro atoms. The van der Waals surface area contributed by atoms with Crippen molar-refractivity contribution in [2.24, 2.45) is 0 Å². The lowest BCUT2D eigenvalue weighted by Gasteiger charge is -2.33. The molecule has 0 bridgehead atoms. The van der Waals surface area contributed by atoms with E-state index in [4.69, 9.17) is 4.74 Å². The van der Waals surface area contributed by atoms with Gasteiger partial charge in [-0.15, -0.1) is 10.2 Å². The summed E-state index contributed by atoms with van der Waals surface area (Å²) in [5.74, 6) is 0.836. The molecule has 36 heavy (non-hydrogen) atoms. The van der Waals surface area contributed by atoms with Gasteiger partial charge in [0.1, 0.15) is 0 Å². The van der Waals surface area contributed by atoms with Crippen molar-refractivity contribution in [1.29, 1.82) is 0 Å². The molecule has 1 fully saturated rings. The van der Waals surface area contributed by atoms with Crippen molar-refractivity contribution in [3.05, 3.63) is 41.1 Å². The summed E-state index contributed by atoms with van der Waals surface area (Å²) in [6.45, 7) is 3.02. The summed E-state index contributed by atoms with van der Waals surface area (Å²) in [6, 6.07) is 6.48. The van der Waals surface area contributed by atoms with Gasteiger partial charge in [0.2, 0.25) is 11.8 Å². The number of anilines is 2. The number of hydrogen-bond acceptors (Lipinski definition) is 8. The maximum absolute atomic E-state index is 13.3. The van der Waals surface area contributed by atoms with Crippen LogP contribution < -0.4 is 10.1 Å². The second-order valence-corrected chi connectivity index (χ2v) is 11.6. The predicted molar refractivity (Wildman–Crippen MR) is 138 cm³/mol. The number of aryl methyl sites for hydroxylation is 2. The Kier molecular flexibility index (Phi) is 6.71. The molecule has 3 heterocycles. The Labute approximate surface area is 212 Å². The Balaban J connectivity index is 1.46. The van der Waals surface area contributed by atoms with Gasteiger partial charge in [0.05, 0.1) is 12.8 Å². The fourth-order valence-corrected chi connectivity index (χ4v) is 6.64. The van der Waals surface area contributed by atoms with Gasteiger partial charge in [0.25, 0.3) is 15.2 Å². The third-order valence-corrected chi connectivity index (χ3v) is 8.99. The van der Waals surface area contributed by atoms with E-state index in [2.05, 4.69) is 43.4 Å². The Hall–Kier alpha value is -3.02. The van der Waals surface area contributed by atoms with Gasteiger partial charge in [-0.3, -0.25) is 4.98 Å². The van der Waals surface area contributed by atoms with E-state index in [-0.39, 0.29) is 5.16 Å². The minimum absolute atomic E-state index is 0.135. The monoisotopic (exact) mass is 511 g/mol. The first-order chi connectivity index (χ1) is 17.3. The van der Waals surface area contributed by atoms with Crippen LogP contribution in [-0.4, -0.2) is 78.1 Å². The lowest BCUT2D eigenvalue weighted by Crippen LogP contribution is -2.44. The molecule has 0 atom stereocenters. The fourth-order valence-electron chi connectivity index (χ4n) is 5.34. The van der Waals surface area contributed by atoms with Crippen LogP contribution in [0.2, 0.25) is 0 Å². The molecule has 11 heteroatoms. The molecule has 5 rings (SSSR count). The number of nitrogens with one attached hydrogen (secondary N) is 2. The highest BCUT2D eigenvalue weighted by molar-refractivity contribution is 7.88. The number of aromatic amines is 1. The number of aromatic nitrogens is 4. The van der Waals surface area contributed by atoms with E-state index in [9.17, 15) is 8.42 Å². The van der Waals surface area contributed by atoms with Crippen LogP contribution in [-0.2, 0) is 22.9 Å². The fraction of sp³-hybridized carbons (Fsp3) is 0.480. The summed E-state index contributed by atoms with van der Waals surface area (Å²) in [5, 5.41) is 11.4. The molecule has 1 aromatic carbocycles. The van der Waals surface area contributed by atoms with Crippen molar-refractivity contribution in [1.82, 2.24) is 29.4 Å². The maximum Gasteiger partial charge on any atom is 0.278 e. The van der Waals surface area contributed by atoms with E-state index in [1.165, 1.54) is 15.4 Å². The van der Waals surface area contributed by atoms with E-state index in [0.717, 1.165) is 54.5 Å². The molecule has 10 nitrogen and oxygen atoms in total. The van der Waals surface area contributed by atoms with E-state index < -0.39 is 10.0 Å². The quantitative estimate of drug-likeness (QED) is 0.497. The molecule has 2 N–H and O–H groups in total. The highest BCUT2D eigenvalue weighted by atomic mass is 32.2. The Morgan fingerprint density at radius 3 is 2.67 bits per heavy atom. The highest BCUT2D eigenvalue weighted by Gasteiger charge is 2.33. The van der Waals surface area contributed by atoms with Crippen molar-refractivity contribution in [3.63, 3.8) is 0 Å². The van der Waals surface area contributed by atoms with Gasteiger partial charge in [-0.05, 0) is 81.4 Å². The molecular formula is C25H33N7O3S. The molecule has 1 aliphatic heterocycles. The van der Waals surface area contributed by atoms with Gasteiger partial charge in [0.15, 0.2) is 0 Å². The number of hydrogen-bond donors (Lipinski definition) is 2. The Morgan fingerprint density at radius 2 is 1.94 bits per heavy atom. The molecule has 2 aromatic heterocycles. The van der Waals surface area contributed by atoms with E-state index in [0.29, 0.717) is 31.0 Å². The topological polar surface area (TPSA) is 116 Å². The van der Waals surface area contributed by atoms with Crippen LogP contribution in [0.4, 0.5) is 11.6 Å². The zero-order chi connectivity index (χ0) is 25.4. The minimum atomic E-state index is -3.75. The zero-order valence-corrected chi connectivity index (χ0v) is 22.0. The van der Waals surface area contributed by atoms with E-state index in [1.807, 2.05) is 26.2 Å². The SMILES string of the molecule is COc1cc(-c2c(C)cc3c(c2Nc2nnc(S(=O)(=O)N4CCC(N(C)C)CC4)[nH]2)CCC3)ccn1. The Morgan fingerprint density at radius 1 is 1.17 bits per heavy atom. The number of benzene rings is 1. The van der Waals surface area contributed by atoms with Gasteiger partial charge >= 0.3 is 0 Å². The number of fused-ring (bicyclic) bond motifs is 1. The first-order valence-electron chi connectivity index (χ1n) is 12.3. The molecule has 3 aromatic rings. The van der Waals surface area contributed by atoms with Crippen molar-refractivity contribution in [2.45, 2.75) is 50.2 Å². The van der Waals surface area contributed by atoms with E-state index >= 15 is 0 Å². The number of H-pyrrole nitrogens is 1. The number of methoxy groups -OCH3 is 1. The lowest BCUT2D eigenvalue weighted by atomic mass is 9.93. The summed E-state index contributed by atoms with van der Waals surface area (Å²) in [6.07, 6.45) is 6.34. The van der Waals surface area contributed by atoms with Gasteiger partial charge in [-0.25, -0.2) is 13.4 Å². The average molecular weight is 512 g/mol.